The van der Waals surface area contributed by atoms with Crippen molar-refractivity contribution in [2.45, 2.75) is 58.0 Å². The molecule has 0 amide bonds. The van der Waals surface area contributed by atoms with Gasteiger partial charge in [0.05, 0.1) is 6.61 Å². The Labute approximate surface area is 123 Å². The molecular formula is C17H28N2O. The topological polar surface area (TPSA) is 33.3 Å². The summed E-state index contributed by atoms with van der Waals surface area (Å²) in [7, 11) is 0. The van der Waals surface area contributed by atoms with Crippen LogP contribution in [0, 0.1) is 0 Å². The van der Waals surface area contributed by atoms with Crippen molar-refractivity contribution in [3.63, 3.8) is 0 Å². The molecule has 0 aliphatic carbocycles. The molecule has 0 bridgehead atoms. The average Bonchev–Trinajstić information content (AvgIpc) is 2.70. The molecule has 1 fully saturated rings. The summed E-state index contributed by atoms with van der Waals surface area (Å²) in [6.07, 6.45) is 6.58. The van der Waals surface area contributed by atoms with E-state index in [4.69, 9.17) is 4.74 Å². The van der Waals surface area contributed by atoms with E-state index in [1.165, 1.54) is 44.3 Å². The summed E-state index contributed by atoms with van der Waals surface area (Å²) >= 11 is 0. The van der Waals surface area contributed by atoms with Gasteiger partial charge in [-0.3, -0.25) is 0 Å². The summed E-state index contributed by atoms with van der Waals surface area (Å²) in [5, 5.41) is 7.25. The van der Waals surface area contributed by atoms with Crippen molar-refractivity contribution in [1.82, 2.24) is 5.32 Å². The molecule has 0 aromatic heterocycles. The molecule has 2 rings (SSSR count). The van der Waals surface area contributed by atoms with Gasteiger partial charge in [-0.25, -0.2) is 0 Å². The molecule has 20 heavy (non-hydrogen) atoms. The van der Waals surface area contributed by atoms with Gasteiger partial charge in [0.1, 0.15) is 5.75 Å². The van der Waals surface area contributed by atoms with Gasteiger partial charge in [0.2, 0.25) is 0 Å². The maximum absolute atomic E-state index is 5.46. The van der Waals surface area contributed by atoms with Gasteiger partial charge < -0.3 is 15.4 Å². The third-order valence-electron chi connectivity index (χ3n) is 3.88. The summed E-state index contributed by atoms with van der Waals surface area (Å²) in [6.45, 7) is 6.17. The van der Waals surface area contributed by atoms with Gasteiger partial charge in [-0.1, -0.05) is 12.8 Å². The van der Waals surface area contributed by atoms with E-state index in [1.807, 2.05) is 19.1 Å². The van der Waals surface area contributed by atoms with Gasteiger partial charge in [-0.05, 0) is 63.9 Å². The van der Waals surface area contributed by atoms with Crippen LogP contribution in [0.15, 0.2) is 24.3 Å². The van der Waals surface area contributed by atoms with Crippen molar-refractivity contribution in [1.29, 1.82) is 0 Å². The molecule has 1 heterocycles. The van der Waals surface area contributed by atoms with E-state index in [0.29, 0.717) is 12.1 Å². The minimum absolute atomic E-state index is 0.489. The molecule has 1 saturated heterocycles. The fraction of sp³-hybridized carbons (Fsp3) is 0.647. The minimum Gasteiger partial charge on any atom is -0.494 e. The smallest absolute Gasteiger partial charge is 0.119 e. The van der Waals surface area contributed by atoms with Gasteiger partial charge >= 0.3 is 0 Å². The fourth-order valence-corrected chi connectivity index (χ4v) is 2.89. The first-order valence-electron chi connectivity index (χ1n) is 8.00. The molecule has 3 nitrogen and oxygen atoms in total. The first-order valence-corrected chi connectivity index (χ1v) is 8.00. The quantitative estimate of drug-likeness (QED) is 0.829. The summed E-state index contributed by atoms with van der Waals surface area (Å²) in [4.78, 5) is 0. The molecule has 3 heteroatoms. The Morgan fingerprint density at radius 1 is 1.25 bits per heavy atom. The first kappa shape index (κ1) is 15.2. The maximum atomic E-state index is 5.46. The molecule has 1 aromatic carbocycles. The summed E-state index contributed by atoms with van der Waals surface area (Å²) < 4.78 is 5.46. The largest absolute Gasteiger partial charge is 0.494 e. The number of nitrogens with one attached hydrogen (secondary N) is 2. The standard InChI is InChI=1S/C17H28N2O/c1-3-20-17-10-8-15(9-11-17)19-14(2)13-16-7-5-4-6-12-18-16/h8-11,14,16,18-19H,3-7,12-13H2,1-2H3. The zero-order valence-electron chi connectivity index (χ0n) is 12.8. The zero-order valence-corrected chi connectivity index (χ0v) is 12.8. The zero-order chi connectivity index (χ0) is 14.2. The average molecular weight is 276 g/mol. The van der Waals surface area contributed by atoms with Gasteiger partial charge in [-0.15, -0.1) is 0 Å². The van der Waals surface area contributed by atoms with Crippen LogP contribution in [0.4, 0.5) is 5.69 Å². The van der Waals surface area contributed by atoms with Crippen LogP contribution in [0.1, 0.15) is 46.0 Å². The highest BCUT2D eigenvalue weighted by molar-refractivity contribution is 5.46. The molecule has 1 aliphatic heterocycles. The monoisotopic (exact) mass is 276 g/mol. The third-order valence-corrected chi connectivity index (χ3v) is 3.88. The van der Waals surface area contributed by atoms with Gasteiger partial charge in [0, 0.05) is 17.8 Å². The van der Waals surface area contributed by atoms with Crippen LogP contribution >= 0.6 is 0 Å². The SMILES string of the molecule is CCOc1ccc(NC(C)CC2CCCCCN2)cc1. The Morgan fingerprint density at radius 2 is 2.05 bits per heavy atom. The third kappa shape index (κ3) is 5.04. The first-order chi connectivity index (χ1) is 9.78. The predicted octanol–water partition coefficient (Wildman–Crippen LogP) is 3.81. The van der Waals surface area contributed by atoms with Gasteiger partial charge in [-0.2, -0.15) is 0 Å². The van der Waals surface area contributed by atoms with Gasteiger partial charge in [0.15, 0.2) is 0 Å². The lowest BCUT2D eigenvalue weighted by Gasteiger charge is -2.22. The Bertz CT molecular complexity index is 369. The number of benzene rings is 1. The molecule has 112 valence electrons. The van der Waals surface area contributed by atoms with Crippen LogP contribution < -0.4 is 15.4 Å². The van der Waals surface area contributed by atoms with E-state index >= 15 is 0 Å². The number of ether oxygens (including phenoxy) is 1. The molecule has 2 N–H and O–H groups in total. The van der Waals surface area contributed by atoms with Crippen LogP contribution in [0.2, 0.25) is 0 Å². The second kappa shape index (κ2) is 8.15. The van der Waals surface area contributed by atoms with Crippen LogP contribution in [0.25, 0.3) is 0 Å². The Balaban J connectivity index is 1.79. The van der Waals surface area contributed by atoms with E-state index in [1.54, 1.807) is 0 Å². The highest BCUT2D eigenvalue weighted by Gasteiger charge is 2.14. The number of anilines is 1. The highest BCUT2D eigenvalue weighted by Crippen LogP contribution is 2.18. The maximum Gasteiger partial charge on any atom is 0.119 e. The second-order valence-electron chi connectivity index (χ2n) is 5.74. The molecule has 2 unspecified atom stereocenters. The molecule has 0 saturated carbocycles. The Kier molecular flexibility index (Phi) is 6.19. The number of rotatable bonds is 6. The minimum atomic E-state index is 0.489. The number of hydrogen-bond donors (Lipinski definition) is 2. The van der Waals surface area contributed by atoms with Crippen LogP contribution in [-0.4, -0.2) is 25.2 Å². The molecular weight excluding hydrogens is 248 g/mol. The molecule has 0 radical (unpaired) electrons. The molecule has 0 spiro atoms. The van der Waals surface area contributed by atoms with Crippen LogP contribution in [0.5, 0.6) is 5.75 Å². The van der Waals surface area contributed by atoms with E-state index < -0.39 is 0 Å². The van der Waals surface area contributed by atoms with Crippen molar-refractivity contribution in [3.05, 3.63) is 24.3 Å². The highest BCUT2D eigenvalue weighted by atomic mass is 16.5. The summed E-state index contributed by atoms with van der Waals surface area (Å²) in [5.41, 5.74) is 1.18. The fourth-order valence-electron chi connectivity index (χ4n) is 2.89. The molecule has 1 aliphatic rings. The Morgan fingerprint density at radius 3 is 2.80 bits per heavy atom. The van der Waals surface area contributed by atoms with E-state index in [-0.39, 0.29) is 0 Å². The summed E-state index contributed by atoms with van der Waals surface area (Å²) in [6, 6.07) is 9.42. The van der Waals surface area contributed by atoms with Crippen molar-refractivity contribution < 1.29 is 4.74 Å². The number of hydrogen-bond acceptors (Lipinski definition) is 3. The van der Waals surface area contributed by atoms with Gasteiger partial charge in [0.25, 0.3) is 0 Å². The van der Waals surface area contributed by atoms with E-state index in [9.17, 15) is 0 Å². The summed E-state index contributed by atoms with van der Waals surface area (Å²) in [5.74, 6) is 0.941. The Hall–Kier alpha value is -1.22. The van der Waals surface area contributed by atoms with Crippen molar-refractivity contribution in [3.8, 4) is 5.75 Å². The van der Waals surface area contributed by atoms with E-state index in [0.717, 1.165) is 12.4 Å². The van der Waals surface area contributed by atoms with Crippen molar-refractivity contribution in [2.75, 3.05) is 18.5 Å². The molecule has 1 aromatic rings. The lowest BCUT2D eigenvalue weighted by atomic mass is 10.0. The lowest BCUT2D eigenvalue weighted by molar-refractivity contribution is 0.340. The van der Waals surface area contributed by atoms with Crippen LogP contribution in [-0.2, 0) is 0 Å². The normalized spacial score (nSPS) is 21.0. The van der Waals surface area contributed by atoms with Crippen molar-refractivity contribution in [2.24, 2.45) is 0 Å². The van der Waals surface area contributed by atoms with Crippen molar-refractivity contribution >= 4 is 5.69 Å². The second-order valence-corrected chi connectivity index (χ2v) is 5.74. The van der Waals surface area contributed by atoms with E-state index in [2.05, 4.69) is 29.7 Å². The lowest BCUT2D eigenvalue weighted by Crippen LogP contribution is -2.33. The van der Waals surface area contributed by atoms with Crippen LogP contribution in [0.3, 0.4) is 0 Å². The predicted molar refractivity (Wildman–Crippen MR) is 85.6 cm³/mol. The molecule has 2 atom stereocenters.